The molecule has 5 fully saturated rings. The third-order valence-corrected chi connectivity index (χ3v) is 7.27. The summed E-state index contributed by atoms with van der Waals surface area (Å²) in [6, 6.07) is 0.264. The van der Waals surface area contributed by atoms with E-state index in [1.165, 1.54) is 44.9 Å². The summed E-state index contributed by atoms with van der Waals surface area (Å²) in [5.74, 6) is 2.55. The van der Waals surface area contributed by atoms with Gasteiger partial charge in [0.05, 0.1) is 0 Å². The van der Waals surface area contributed by atoms with Crippen molar-refractivity contribution >= 4 is 11.9 Å². The van der Waals surface area contributed by atoms with E-state index in [9.17, 15) is 9.59 Å². The zero-order valence-electron chi connectivity index (χ0n) is 16.0. The average Bonchev–Trinajstić information content (AvgIpc) is 2.81. The Balaban J connectivity index is 1.17. The van der Waals surface area contributed by atoms with Crippen LogP contribution in [0.1, 0.15) is 83.5 Å². The summed E-state index contributed by atoms with van der Waals surface area (Å²) in [5, 5.41) is 9.38. The maximum Gasteiger partial charge on any atom is 0.315 e. The molecule has 5 rings (SSSR count). The van der Waals surface area contributed by atoms with Crippen molar-refractivity contribution in [3.63, 3.8) is 0 Å². The second-order valence-corrected chi connectivity index (χ2v) is 9.58. The molecular formula is C21H35N3O2. The summed E-state index contributed by atoms with van der Waals surface area (Å²) in [7, 11) is 0. The summed E-state index contributed by atoms with van der Waals surface area (Å²) >= 11 is 0. The molecule has 5 heteroatoms. The Hall–Kier alpha value is -1.26. The summed E-state index contributed by atoms with van der Waals surface area (Å²) in [6.45, 7) is 0.427. The molecule has 5 aliphatic carbocycles. The van der Waals surface area contributed by atoms with Crippen LogP contribution < -0.4 is 16.0 Å². The van der Waals surface area contributed by atoms with Crippen LogP contribution in [0.15, 0.2) is 0 Å². The number of hydrogen-bond donors (Lipinski definition) is 3. The minimum absolute atomic E-state index is 0.0431. The number of hydrogen-bond acceptors (Lipinski definition) is 2. The van der Waals surface area contributed by atoms with Crippen molar-refractivity contribution in [1.29, 1.82) is 0 Å². The van der Waals surface area contributed by atoms with Gasteiger partial charge < -0.3 is 16.0 Å². The summed E-state index contributed by atoms with van der Waals surface area (Å²) < 4.78 is 0. The smallest absolute Gasteiger partial charge is 0.315 e. The average molecular weight is 362 g/mol. The molecule has 3 N–H and O–H groups in total. The fourth-order valence-electron chi connectivity index (χ4n) is 6.56. The van der Waals surface area contributed by atoms with E-state index in [1.54, 1.807) is 0 Å². The largest absolute Gasteiger partial charge is 0.353 e. The van der Waals surface area contributed by atoms with E-state index >= 15 is 0 Å². The molecule has 0 aromatic heterocycles. The molecule has 5 aliphatic rings. The van der Waals surface area contributed by atoms with Crippen LogP contribution in [-0.2, 0) is 4.79 Å². The Bertz CT molecular complexity index is 490. The Morgan fingerprint density at radius 3 is 2.00 bits per heavy atom. The zero-order chi connectivity index (χ0) is 18.0. The van der Waals surface area contributed by atoms with Gasteiger partial charge in [0.15, 0.2) is 0 Å². The Labute approximate surface area is 157 Å². The predicted octanol–water partition coefficient (Wildman–Crippen LogP) is 3.48. The van der Waals surface area contributed by atoms with E-state index in [0.29, 0.717) is 19.0 Å². The molecule has 0 heterocycles. The van der Waals surface area contributed by atoms with Crippen LogP contribution >= 0.6 is 0 Å². The summed E-state index contributed by atoms with van der Waals surface area (Å²) in [4.78, 5) is 24.5. The molecule has 0 atom stereocenters. The molecule has 0 unspecified atom stereocenters. The Kier molecular flexibility index (Phi) is 5.42. The van der Waals surface area contributed by atoms with E-state index in [1.807, 2.05) is 0 Å². The van der Waals surface area contributed by atoms with Crippen molar-refractivity contribution in [2.24, 2.45) is 17.8 Å². The van der Waals surface area contributed by atoms with Crippen molar-refractivity contribution in [3.05, 3.63) is 0 Å². The minimum Gasteiger partial charge on any atom is -0.353 e. The van der Waals surface area contributed by atoms with Crippen LogP contribution in [0.25, 0.3) is 0 Å². The van der Waals surface area contributed by atoms with Crippen molar-refractivity contribution in [2.75, 3.05) is 6.54 Å². The Morgan fingerprint density at radius 2 is 1.42 bits per heavy atom. The van der Waals surface area contributed by atoms with Crippen LogP contribution in [0.4, 0.5) is 4.79 Å². The number of carbonyl (C=O) groups excluding carboxylic acids is 2. The summed E-state index contributed by atoms with van der Waals surface area (Å²) in [5.41, 5.74) is 0.0431. The number of rotatable bonds is 5. The van der Waals surface area contributed by atoms with Crippen molar-refractivity contribution in [2.45, 2.75) is 95.1 Å². The molecule has 5 saturated carbocycles. The molecule has 146 valence electrons. The normalized spacial score (nSPS) is 36.4. The molecular weight excluding hydrogens is 326 g/mol. The lowest BCUT2D eigenvalue weighted by molar-refractivity contribution is -0.121. The SMILES string of the molecule is O=C(CCNC(=O)NC12CC3CC(CC(C3)C1)C2)NC1CCCCCC1. The van der Waals surface area contributed by atoms with Gasteiger partial charge in [-0.3, -0.25) is 4.79 Å². The van der Waals surface area contributed by atoms with Crippen molar-refractivity contribution in [3.8, 4) is 0 Å². The van der Waals surface area contributed by atoms with Crippen LogP contribution in [-0.4, -0.2) is 30.1 Å². The van der Waals surface area contributed by atoms with E-state index < -0.39 is 0 Å². The molecule has 0 spiro atoms. The van der Waals surface area contributed by atoms with E-state index in [2.05, 4.69) is 16.0 Å². The van der Waals surface area contributed by atoms with Gasteiger partial charge in [0.2, 0.25) is 5.91 Å². The standard InChI is InChI=1S/C21H35N3O2/c25-19(23-18-5-3-1-2-4-6-18)7-8-22-20(26)24-21-12-15-9-16(13-21)11-17(10-15)14-21/h15-18H,1-14H2,(H,23,25)(H2,22,24,26). The third-order valence-electron chi connectivity index (χ3n) is 7.27. The highest BCUT2D eigenvalue weighted by Gasteiger charge is 2.51. The first kappa shape index (κ1) is 18.1. The van der Waals surface area contributed by atoms with Gasteiger partial charge in [-0.25, -0.2) is 4.79 Å². The lowest BCUT2D eigenvalue weighted by atomic mass is 9.53. The third kappa shape index (κ3) is 4.34. The molecule has 4 bridgehead atoms. The highest BCUT2D eigenvalue weighted by atomic mass is 16.2. The fraction of sp³-hybridized carbons (Fsp3) is 0.905. The zero-order valence-corrected chi connectivity index (χ0v) is 16.0. The number of amides is 3. The minimum atomic E-state index is -0.0748. The van der Waals surface area contributed by atoms with E-state index in [4.69, 9.17) is 0 Å². The van der Waals surface area contributed by atoms with Gasteiger partial charge in [0.1, 0.15) is 0 Å². The predicted molar refractivity (Wildman–Crippen MR) is 102 cm³/mol. The fourth-order valence-corrected chi connectivity index (χ4v) is 6.56. The van der Waals surface area contributed by atoms with Gasteiger partial charge in [-0.1, -0.05) is 25.7 Å². The first-order valence-corrected chi connectivity index (χ1v) is 11.0. The van der Waals surface area contributed by atoms with Crippen LogP contribution in [0.2, 0.25) is 0 Å². The first-order valence-electron chi connectivity index (χ1n) is 11.0. The van der Waals surface area contributed by atoms with Crippen LogP contribution in [0.5, 0.6) is 0 Å². The molecule has 26 heavy (non-hydrogen) atoms. The maximum absolute atomic E-state index is 12.4. The molecule has 0 aliphatic heterocycles. The van der Waals surface area contributed by atoms with Gasteiger partial charge in [0.25, 0.3) is 0 Å². The van der Waals surface area contributed by atoms with E-state index in [-0.39, 0.29) is 17.5 Å². The Morgan fingerprint density at radius 1 is 0.846 bits per heavy atom. The van der Waals surface area contributed by atoms with Crippen molar-refractivity contribution < 1.29 is 9.59 Å². The van der Waals surface area contributed by atoms with Gasteiger partial charge in [-0.15, -0.1) is 0 Å². The first-order chi connectivity index (χ1) is 12.6. The van der Waals surface area contributed by atoms with Gasteiger partial charge >= 0.3 is 6.03 Å². The highest BCUT2D eigenvalue weighted by Crippen LogP contribution is 2.55. The molecule has 0 aromatic carbocycles. The molecule has 0 radical (unpaired) electrons. The van der Waals surface area contributed by atoms with E-state index in [0.717, 1.165) is 49.9 Å². The molecule has 0 saturated heterocycles. The summed E-state index contributed by atoms with van der Waals surface area (Å²) in [6.07, 6.45) is 15.2. The lowest BCUT2D eigenvalue weighted by Gasteiger charge is -2.56. The topological polar surface area (TPSA) is 70.2 Å². The monoisotopic (exact) mass is 361 g/mol. The molecule has 0 aromatic rings. The van der Waals surface area contributed by atoms with Crippen molar-refractivity contribution in [1.82, 2.24) is 16.0 Å². The number of carbonyl (C=O) groups is 2. The van der Waals surface area contributed by atoms with Crippen LogP contribution in [0, 0.1) is 17.8 Å². The van der Waals surface area contributed by atoms with Crippen LogP contribution in [0.3, 0.4) is 0 Å². The quantitative estimate of drug-likeness (QED) is 0.656. The number of urea groups is 1. The maximum atomic E-state index is 12.4. The van der Waals surface area contributed by atoms with Gasteiger partial charge in [-0.05, 0) is 69.1 Å². The molecule has 5 nitrogen and oxygen atoms in total. The molecule has 3 amide bonds. The van der Waals surface area contributed by atoms with Gasteiger partial charge in [0, 0.05) is 24.5 Å². The highest BCUT2D eigenvalue weighted by molar-refractivity contribution is 5.78. The number of nitrogens with one attached hydrogen (secondary N) is 3. The second kappa shape index (κ2) is 7.77. The van der Waals surface area contributed by atoms with Gasteiger partial charge in [-0.2, -0.15) is 0 Å². The second-order valence-electron chi connectivity index (χ2n) is 9.58. The lowest BCUT2D eigenvalue weighted by Crippen LogP contribution is -2.61.